The van der Waals surface area contributed by atoms with Gasteiger partial charge in [-0.15, -0.1) is 0 Å². The van der Waals surface area contributed by atoms with Crippen molar-refractivity contribution in [3.8, 4) is 0 Å². The molecule has 3 rings (SSSR count). The highest BCUT2D eigenvalue weighted by Crippen LogP contribution is 2.39. The molecule has 4 atom stereocenters. The monoisotopic (exact) mass is 293 g/mol. The first-order chi connectivity index (χ1) is 10.0. The minimum Gasteiger partial charge on any atom is -0.316 e. The number of nitrogens with zero attached hydrogens (tertiary/aromatic N) is 2. The van der Waals surface area contributed by atoms with Crippen LogP contribution in [0.3, 0.4) is 0 Å². The van der Waals surface area contributed by atoms with Gasteiger partial charge in [-0.3, -0.25) is 9.80 Å². The summed E-state index contributed by atoms with van der Waals surface area (Å²) in [6, 6.07) is 2.27. The van der Waals surface area contributed by atoms with Crippen molar-refractivity contribution in [2.75, 3.05) is 33.2 Å². The van der Waals surface area contributed by atoms with E-state index in [2.05, 4.69) is 42.9 Å². The highest BCUT2D eigenvalue weighted by molar-refractivity contribution is 4.97. The maximum Gasteiger partial charge on any atom is 0.0224 e. The Kier molecular flexibility index (Phi) is 4.63. The molecule has 0 spiro atoms. The maximum atomic E-state index is 3.66. The van der Waals surface area contributed by atoms with E-state index in [0.29, 0.717) is 11.5 Å². The summed E-state index contributed by atoms with van der Waals surface area (Å²) in [4.78, 5) is 5.55. The van der Waals surface area contributed by atoms with Gasteiger partial charge in [0, 0.05) is 37.8 Å². The molecule has 0 aromatic heterocycles. The lowest BCUT2D eigenvalue weighted by atomic mass is 9.67. The second-order valence-electron chi connectivity index (χ2n) is 8.50. The molecule has 1 aliphatic carbocycles. The molecule has 2 saturated heterocycles. The Morgan fingerprint density at radius 1 is 1.14 bits per heavy atom. The van der Waals surface area contributed by atoms with Crippen molar-refractivity contribution in [3.63, 3.8) is 0 Å². The van der Waals surface area contributed by atoms with Crippen LogP contribution in [0.1, 0.15) is 52.9 Å². The van der Waals surface area contributed by atoms with Crippen molar-refractivity contribution >= 4 is 0 Å². The number of fused-ring (bicyclic) bond motifs is 1. The highest BCUT2D eigenvalue weighted by Gasteiger charge is 2.41. The van der Waals surface area contributed by atoms with Crippen LogP contribution in [0.2, 0.25) is 0 Å². The van der Waals surface area contributed by atoms with Gasteiger partial charge in [-0.25, -0.2) is 0 Å². The SMILES string of the molecule is CNC1C(CN2CC3CCCN3CC2C)CCCC1(C)C. The lowest BCUT2D eigenvalue weighted by Crippen LogP contribution is -2.58. The molecule has 1 N–H and O–H groups in total. The zero-order chi connectivity index (χ0) is 15.0. The Bertz CT molecular complexity index is 354. The molecule has 21 heavy (non-hydrogen) atoms. The van der Waals surface area contributed by atoms with E-state index in [4.69, 9.17) is 0 Å². The third-order valence-electron chi connectivity index (χ3n) is 6.56. The summed E-state index contributed by atoms with van der Waals surface area (Å²) in [5.74, 6) is 0.828. The van der Waals surface area contributed by atoms with Crippen LogP contribution in [0.25, 0.3) is 0 Å². The first kappa shape index (κ1) is 15.8. The fourth-order valence-electron chi connectivity index (χ4n) is 5.41. The predicted octanol–water partition coefficient (Wildman–Crippen LogP) is 2.57. The zero-order valence-corrected chi connectivity index (χ0v) is 14.6. The normalized spacial score (nSPS) is 41.1. The largest absolute Gasteiger partial charge is 0.316 e. The molecule has 4 unspecified atom stereocenters. The first-order valence-corrected chi connectivity index (χ1v) is 9.16. The molecule has 122 valence electrons. The van der Waals surface area contributed by atoms with Crippen molar-refractivity contribution in [3.05, 3.63) is 0 Å². The molecule has 2 heterocycles. The smallest absolute Gasteiger partial charge is 0.0224 e. The second kappa shape index (κ2) is 6.17. The molecule has 0 aromatic carbocycles. The van der Waals surface area contributed by atoms with Crippen molar-refractivity contribution in [2.24, 2.45) is 11.3 Å². The van der Waals surface area contributed by atoms with Gasteiger partial charge in [0.25, 0.3) is 0 Å². The number of piperazine rings is 1. The van der Waals surface area contributed by atoms with Gasteiger partial charge >= 0.3 is 0 Å². The Morgan fingerprint density at radius 2 is 1.95 bits per heavy atom. The third kappa shape index (κ3) is 3.16. The number of hydrogen-bond donors (Lipinski definition) is 1. The van der Waals surface area contributed by atoms with Gasteiger partial charge < -0.3 is 5.32 Å². The van der Waals surface area contributed by atoms with E-state index in [1.807, 2.05) is 0 Å². The van der Waals surface area contributed by atoms with Crippen LogP contribution in [-0.2, 0) is 0 Å². The quantitative estimate of drug-likeness (QED) is 0.863. The van der Waals surface area contributed by atoms with Crippen LogP contribution in [0.5, 0.6) is 0 Å². The average Bonchev–Trinajstić information content (AvgIpc) is 2.85. The molecule has 0 aromatic rings. The zero-order valence-electron chi connectivity index (χ0n) is 14.6. The van der Waals surface area contributed by atoms with Crippen LogP contribution < -0.4 is 5.32 Å². The van der Waals surface area contributed by atoms with Crippen LogP contribution in [0, 0.1) is 11.3 Å². The molecule has 2 aliphatic heterocycles. The van der Waals surface area contributed by atoms with E-state index in [0.717, 1.165) is 18.0 Å². The number of hydrogen-bond acceptors (Lipinski definition) is 3. The predicted molar refractivity (Wildman–Crippen MR) is 89.6 cm³/mol. The minimum absolute atomic E-state index is 0.454. The molecule has 3 nitrogen and oxygen atoms in total. The Balaban J connectivity index is 1.64. The average molecular weight is 293 g/mol. The molecule has 3 aliphatic rings. The fraction of sp³-hybridized carbons (Fsp3) is 1.00. The molecule has 3 fully saturated rings. The summed E-state index contributed by atoms with van der Waals surface area (Å²) in [5.41, 5.74) is 0.454. The molecule has 0 radical (unpaired) electrons. The van der Waals surface area contributed by atoms with Crippen LogP contribution in [-0.4, -0.2) is 61.2 Å². The Labute approximate surface area is 131 Å². The highest BCUT2D eigenvalue weighted by atomic mass is 15.3. The summed E-state index contributed by atoms with van der Waals surface area (Å²) < 4.78 is 0. The molecule has 3 heteroatoms. The van der Waals surface area contributed by atoms with E-state index in [1.54, 1.807) is 0 Å². The number of nitrogens with one attached hydrogen (secondary N) is 1. The molecule has 1 saturated carbocycles. The van der Waals surface area contributed by atoms with Gasteiger partial charge in [0.2, 0.25) is 0 Å². The van der Waals surface area contributed by atoms with Crippen LogP contribution >= 0.6 is 0 Å². The van der Waals surface area contributed by atoms with Gasteiger partial charge in [0.1, 0.15) is 0 Å². The summed E-state index contributed by atoms with van der Waals surface area (Å²) in [6.45, 7) is 12.6. The van der Waals surface area contributed by atoms with Crippen molar-refractivity contribution in [1.29, 1.82) is 0 Å². The van der Waals surface area contributed by atoms with Crippen molar-refractivity contribution in [1.82, 2.24) is 15.1 Å². The first-order valence-electron chi connectivity index (χ1n) is 9.16. The molecular formula is C18H35N3. The number of rotatable bonds is 3. The van der Waals surface area contributed by atoms with E-state index in [1.165, 1.54) is 58.3 Å². The summed E-state index contributed by atoms with van der Waals surface area (Å²) in [6.07, 6.45) is 7.04. The molecule has 0 amide bonds. The maximum absolute atomic E-state index is 3.66. The van der Waals surface area contributed by atoms with Gasteiger partial charge in [-0.1, -0.05) is 20.3 Å². The lowest BCUT2D eigenvalue weighted by molar-refractivity contribution is 0.0202. The van der Waals surface area contributed by atoms with E-state index in [-0.39, 0.29) is 0 Å². The van der Waals surface area contributed by atoms with Gasteiger partial charge in [-0.2, -0.15) is 0 Å². The standard InChI is InChI=1S/C18H35N3/c1-14-11-20-10-6-8-16(20)13-21(14)12-15-7-5-9-18(2,3)17(15)19-4/h14-17,19H,5-13H2,1-4H3. The van der Waals surface area contributed by atoms with E-state index in [9.17, 15) is 0 Å². The van der Waals surface area contributed by atoms with E-state index >= 15 is 0 Å². The van der Waals surface area contributed by atoms with Gasteiger partial charge in [-0.05, 0) is 57.5 Å². The van der Waals surface area contributed by atoms with Crippen LogP contribution in [0.15, 0.2) is 0 Å². The Morgan fingerprint density at radius 3 is 2.71 bits per heavy atom. The van der Waals surface area contributed by atoms with E-state index < -0.39 is 0 Å². The molecular weight excluding hydrogens is 258 g/mol. The summed E-state index contributed by atoms with van der Waals surface area (Å²) in [5, 5.41) is 3.66. The fourth-order valence-corrected chi connectivity index (χ4v) is 5.41. The lowest BCUT2D eigenvalue weighted by Gasteiger charge is -2.49. The van der Waals surface area contributed by atoms with Gasteiger partial charge in [0.05, 0.1) is 0 Å². The Hall–Kier alpha value is -0.120. The van der Waals surface area contributed by atoms with Crippen molar-refractivity contribution < 1.29 is 0 Å². The summed E-state index contributed by atoms with van der Waals surface area (Å²) in [7, 11) is 2.17. The molecule has 0 bridgehead atoms. The topological polar surface area (TPSA) is 18.5 Å². The van der Waals surface area contributed by atoms with Crippen molar-refractivity contribution in [2.45, 2.75) is 71.0 Å². The van der Waals surface area contributed by atoms with Gasteiger partial charge in [0.15, 0.2) is 0 Å². The minimum atomic E-state index is 0.454. The third-order valence-corrected chi connectivity index (χ3v) is 6.56. The van der Waals surface area contributed by atoms with Crippen LogP contribution in [0.4, 0.5) is 0 Å². The second-order valence-corrected chi connectivity index (χ2v) is 8.50. The summed E-state index contributed by atoms with van der Waals surface area (Å²) >= 11 is 0.